The van der Waals surface area contributed by atoms with Gasteiger partial charge < -0.3 is 19.5 Å². The quantitative estimate of drug-likeness (QED) is 0.899. The van der Waals surface area contributed by atoms with Gasteiger partial charge in [0.25, 0.3) is 0 Å². The maximum absolute atomic E-state index is 12.4. The number of aromatic hydroxyl groups is 1. The number of hydrogen-bond donors (Lipinski definition) is 1. The number of methoxy groups -OCH3 is 2. The monoisotopic (exact) mass is 329 g/mol. The van der Waals surface area contributed by atoms with Crippen molar-refractivity contribution < 1.29 is 19.4 Å². The lowest BCUT2D eigenvalue weighted by Gasteiger charge is -2.56. The number of ether oxygens (including phenoxy) is 2. The van der Waals surface area contributed by atoms with Gasteiger partial charge in [0.15, 0.2) is 23.0 Å². The minimum atomic E-state index is -0.217. The highest BCUT2D eigenvalue weighted by Gasteiger charge is 2.55. The average Bonchev–Trinajstić information content (AvgIpc) is 2.57. The normalized spacial score (nSPS) is 31.8. The fraction of sp³-hybridized carbons (Fsp3) is 0.526. The van der Waals surface area contributed by atoms with Gasteiger partial charge in [-0.15, -0.1) is 0 Å². The van der Waals surface area contributed by atoms with E-state index >= 15 is 0 Å². The Hall–Kier alpha value is -2.01. The number of benzene rings is 1. The highest BCUT2D eigenvalue weighted by atomic mass is 16.5. The SMILES string of the molecule is COC1=C[C@@]23CCN(C)[C@H](Cc4cc(O)c(OC)cc42)[C@H]3CC1=O. The van der Waals surface area contributed by atoms with Crippen LogP contribution in [0.15, 0.2) is 24.0 Å². The molecule has 24 heavy (non-hydrogen) atoms. The van der Waals surface area contributed by atoms with E-state index in [9.17, 15) is 9.90 Å². The molecule has 0 saturated carbocycles. The summed E-state index contributed by atoms with van der Waals surface area (Å²) < 4.78 is 10.7. The highest BCUT2D eigenvalue weighted by Crippen LogP contribution is 2.55. The second-order valence-corrected chi connectivity index (χ2v) is 7.17. The van der Waals surface area contributed by atoms with Gasteiger partial charge in [0.2, 0.25) is 0 Å². The van der Waals surface area contributed by atoms with Crippen molar-refractivity contribution in [3.8, 4) is 11.5 Å². The number of piperidine rings is 1. The molecule has 1 aliphatic heterocycles. The van der Waals surface area contributed by atoms with Crippen molar-refractivity contribution in [1.29, 1.82) is 0 Å². The molecule has 0 unspecified atom stereocenters. The summed E-state index contributed by atoms with van der Waals surface area (Å²) in [5.41, 5.74) is 2.10. The minimum Gasteiger partial charge on any atom is -0.504 e. The Kier molecular flexibility index (Phi) is 3.39. The van der Waals surface area contributed by atoms with Crippen LogP contribution < -0.4 is 4.74 Å². The van der Waals surface area contributed by atoms with E-state index in [2.05, 4.69) is 11.9 Å². The van der Waals surface area contributed by atoms with Gasteiger partial charge in [-0.1, -0.05) is 0 Å². The van der Waals surface area contributed by atoms with Crippen molar-refractivity contribution in [2.75, 3.05) is 27.8 Å². The van der Waals surface area contributed by atoms with E-state index in [0.29, 0.717) is 24.0 Å². The molecule has 0 aromatic heterocycles. The van der Waals surface area contributed by atoms with Crippen molar-refractivity contribution >= 4 is 5.78 Å². The summed E-state index contributed by atoms with van der Waals surface area (Å²) in [7, 11) is 5.26. The first-order chi connectivity index (χ1) is 11.5. The molecule has 3 aliphatic rings. The topological polar surface area (TPSA) is 59.0 Å². The van der Waals surface area contributed by atoms with Crippen LogP contribution in [0.2, 0.25) is 0 Å². The van der Waals surface area contributed by atoms with E-state index < -0.39 is 0 Å². The fourth-order valence-corrected chi connectivity index (χ4v) is 4.96. The second-order valence-electron chi connectivity index (χ2n) is 7.17. The van der Waals surface area contributed by atoms with Gasteiger partial charge in [0.05, 0.1) is 14.2 Å². The number of carbonyl (C=O) groups is 1. The molecule has 2 bridgehead atoms. The summed E-state index contributed by atoms with van der Waals surface area (Å²) in [6, 6.07) is 4.09. The van der Waals surface area contributed by atoms with Crippen LogP contribution in [0.4, 0.5) is 0 Å². The Bertz CT molecular complexity index is 741. The molecule has 5 heteroatoms. The number of phenolic OH excluding ortho intramolecular Hbond substituents is 1. The molecule has 1 aromatic carbocycles. The van der Waals surface area contributed by atoms with Crippen LogP contribution in [0.25, 0.3) is 0 Å². The van der Waals surface area contributed by atoms with Gasteiger partial charge in [-0.3, -0.25) is 4.79 Å². The lowest BCUT2D eigenvalue weighted by atomic mass is 9.54. The molecular weight excluding hydrogens is 306 g/mol. The van der Waals surface area contributed by atoms with E-state index in [1.54, 1.807) is 14.2 Å². The zero-order valence-electron chi connectivity index (χ0n) is 14.3. The first-order valence-corrected chi connectivity index (χ1v) is 8.41. The number of allylic oxidation sites excluding steroid dienone is 2. The van der Waals surface area contributed by atoms with Gasteiger partial charge >= 0.3 is 0 Å². The van der Waals surface area contributed by atoms with Gasteiger partial charge in [0, 0.05) is 17.9 Å². The predicted molar refractivity (Wildman–Crippen MR) is 89.3 cm³/mol. The minimum absolute atomic E-state index is 0.0904. The number of hydrogen-bond acceptors (Lipinski definition) is 5. The zero-order valence-corrected chi connectivity index (χ0v) is 14.3. The number of nitrogens with zero attached hydrogens (tertiary/aromatic N) is 1. The molecular formula is C19H23NO4. The maximum Gasteiger partial charge on any atom is 0.197 e. The lowest BCUT2D eigenvalue weighted by molar-refractivity contribution is -0.122. The van der Waals surface area contributed by atoms with Gasteiger partial charge in [-0.2, -0.15) is 0 Å². The summed E-state index contributed by atoms with van der Waals surface area (Å²) in [5.74, 6) is 1.46. The second kappa shape index (κ2) is 5.24. The Morgan fingerprint density at radius 2 is 2.04 bits per heavy atom. The van der Waals surface area contributed by atoms with Crippen molar-refractivity contribution in [3.63, 3.8) is 0 Å². The first-order valence-electron chi connectivity index (χ1n) is 8.41. The predicted octanol–water partition coefficient (Wildman–Crippen LogP) is 2.02. The largest absolute Gasteiger partial charge is 0.504 e. The standard InChI is InChI=1S/C19H23NO4/c1-20-5-4-19-10-18(24-3)16(22)8-13(19)14(20)6-11-7-15(21)17(23-2)9-12(11)19/h7,9-10,13-14,21H,4-6,8H2,1-3H3/t13-,14-,19+/m1/s1. The smallest absolute Gasteiger partial charge is 0.197 e. The van der Waals surface area contributed by atoms with Crippen LogP contribution in [0.5, 0.6) is 11.5 Å². The van der Waals surface area contributed by atoms with Crippen LogP contribution >= 0.6 is 0 Å². The van der Waals surface area contributed by atoms with Crippen molar-refractivity contribution in [1.82, 2.24) is 4.90 Å². The summed E-state index contributed by atoms with van der Waals surface area (Å²) in [4.78, 5) is 14.8. The summed E-state index contributed by atoms with van der Waals surface area (Å²) in [6.07, 6.45) is 4.33. The molecule has 1 aromatic rings. The molecule has 1 N–H and O–H groups in total. The van der Waals surface area contributed by atoms with Crippen LogP contribution in [0.1, 0.15) is 24.0 Å². The third-order valence-corrected chi connectivity index (χ3v) is 6.19. The van der Waals surface area contributed by atoms with E-state index in [1.807, 2.05) is 18.2 Å². The third-order valence-electron chi connectivity index (χ3n) is 6.19. The van der Waals surface area contributed by atoms with Gasteiger partial charge in [-0.05, 0) is 61.7 Å². The molecule has 128 valence electrons. The molecule has 1 heterocycles. The average molecular weight is 329 g/mol. The lowest BCUT2D eigenvalue weighted by Crippen LogP contribution is -2.60. The van der Waals surface area contributed by atoms with E-state index in [1.165, 1.54) is 5.56 Å². The summed E-state index contributed by atoms with van der Waals surface area (Å²) >= 11 is 0. The van der Waals surface area contributed by atoms with Crippen LogP contribution in [-0.4, -0.2) is 49.6 Å². The van der Waals surface area contributed by atoms with Crippen LogP contribution in [0, 0.1) is 5.92 Å². The van der Waals surface area contributed by atoms with Crippen molar-refractivity contribution in [2.45, 2.75) is 30.7 Å². The molecule has 3 atom stereocenters. The molecule has 1 saturated heterocycles. The number of Topliss-reactive ketones (excluding diaryl/α,β-unsaturated/α-hetero) is 1. The van der Waals surface area contributed by atoms with E-state index in [4.69, 9.17) is 9.47 Å². The molecule has 0 radical (unpaired) electrons. The van der Waals surface area contributed by atoms with E-state index in [0.717, 1.165) is 24.9 Å². The molecule has 0 amide bonds. The number of carbonyl (C=O) groups excluding carboxylic acids is 1. The number of likely N-dealkylation sites (N-methyl/N-ethyl adjacent to an activating group) is 1. The van der Waals surface area contributed by atoms with E-state index in [-0.39, 0.29) is 22.9 Å². The Morgan fingerprint density at radius 3 is 2.75 bits per heavy atom. The van der Waals surface area contributed by atoms with Crippen LogP contribution in [0.3, 0.4) is 0 Å². The number of rotatable bonds is 2. The van der Waals surface area contributed by atoms with Gasteiger partial charge in [0.1, 0.15) is 0 Å². The molecule has 2 aliphatic carbocycles. The highest BCUT2D eigenvalue weighted by molar-refractivity contribution is 5.95. The van der Waals surface area contributed by atoms with Gasteiger partial charge in [-0.25, -0.2) is 0 Å². The summed E-state index contributed by atoms with van der Waals surface area (Å²) in [6.45, 7) is 0.978. The van der Waals surface area contributed by atoms with Crippen molar-refractivity contribution in [2.24, 2.45) is 5.92 Å². The van der Waals surface area contributed by atoms with Crippen molar-refractivity contribution in [3.05, 3.63) is 35.1 Å². The zero-order chi connectivity index (χ0) is 17.1. The first kappa shape index (κ1) is 15.5. The molecule has 5 nitrogen and oxygen atoms in total. The number of fused-ring (bicyclic) bond motifs is 1. The molecule has 1 fully saturated rings. The molecule has 0 spiro atoms. The third kappa shape index (κ3) is 1.94. The maximum atomic E-state index is 12.4. The number of ketones is 1. The molecule has 4 rings (SSSR count). The number of likely N-dealkylation sites (tertiary alicyclic amines) is 1. The summed E-state index contributed by atoms with van der Waals surface area (Å²) in [5, 5.41) is 10.2. The Morgan fingerprint density at radius 1 is 1.25 bits per heavy atom. The van der Waals surface area contributed by atoms with Crippen LogP contribution in [-0.2, 0) is 21.4 Å². The Balaban J connectivity index is 1.97. The fourth-order valence-electron chi connectivity index (χ4n) is 4.96. The Labute approximate surface area is 141 Å². The number of phenols is 1.